The number of aromatic nitrogens is 3. The molecule has 0 bridgehead atoms. The Kier molecular flexibility index (Phi) is 4.19. The van der Waals surface area contributed by atoms with Crippen LogP contribution in [-0.2, 0) is 0 Å². The molecule has 0 aliphatic heterocycles. The highest BCUT2D eigenvalue weighted by atomic mass is 16.3. The second-order valence-corrected chi connectivity index (χ2v) is 9.32. The lowest BCUT2D eigenvalue weighted by atomic mass is 10.1. The van der Waals surface area contributed by atoms with Gasteiger partial charge in [0.25, 0.3) is 0 Å². The summed E-state index contributed by atoms with van der Waals surface area (Å²) in [6.45, 7) is 0. The van der Waals surface area contributed by atoms with E-state index in [-0.39, 0.29) is 0 Å². The monoisotopic (exact) mass is 475 g/mol. The fourth-order valence-electron chi connectivity index (χ4n) is 5.56. The number of rotatable bonds is 3. The molecule has 0 saturated carbocycles. The van der Waals surface area contributed by atoms with Gasteiger partial charge in [-0.25, -0.2) is 4.98 Å². The standard InChI is InChI=1S/C33H21N3O/c1-2-8-22(9-3-1)33-34-18-19-35(33)23-14-16-31-27(20-23)28-21-24(15-17-32(28)37-31)36-29-12-6-4-10-25(29)26-11-5-7-13-30(26)36/h1-21H. The second-order valence-electron chi connectivity index (χ2n) is 9.32. The maximum Gasteiger partial charge on any atom is 0.144 e. The Morgan fingerprint density at radius 3 is 1.84 bits per heavy atom. The summed E-state index contributed by atoms with van der Waals surface area (Å²) in [7, 11) is 0. The normalized spacial score (nSPS) is 11.8. The highest BCUT2D eigenvalue weighted by molar-refractivity contribution is 6.10. The van der Waals surface area contributed by atoms with Crippen molar-refractivity contribution in [2.24, 2.45) is 0 Å². The quantitative estimate of drug-likeness (QED) is 0.257. The molecule has 0 N–H and O–H groups in total. The zero-order chi connectivity index (χ0) is 24.3. The van der Waals surface area contributed by atoms with Gasteiger partial charge >= 0.3 is 0 Å². The summed E-state index contributed by atoms with van der Waals surface area (Å²) >= 11 is 0. The second kappa shape index (κ2) is 7.70. The van der Waals surface area contributed by atoms with Crippen molar-refractivity contribution in [1.82, 2.24) is 14.1 Å². The molecule has 0 fully saturated rings. The first-order valence-corrected chi connectivity index (χ1v) is 12.4. The summed E-state index contributed by atoms with van der Waals surface area (Å²) in [5.41, 5.74) is 7.40. The highest BCUT2D eigenvalue weighted by Crippen LogP contribution is 2.36. The summed E-state index contributed by atoms with van der Waals surface area (Å²) in [6.07, 6.45) is 3.86. The number of nitrogens with zero attached hydrogens (tertiary/aromatic N) is 3. The summed E-state index contributed by atoms with van der Waals surface area (Å²) < 4.78 is 10.7. The molecule has 0 unspecified atom stereocenters. The van der Waals surface area contributed by atoms with Crippen LogP contribution in [0, 0.1) is 0 Å². The predicted molar refractivity (Wildman–Crippen MR) is 151 cm³/mol. The van der Waals surface area contributed by atoms with Crippen molar-refractivity contribution in [3.8, 4) is 22.8 Å². The first-order valence-electron chi connectivity index (χ1n) is 12.4. The summed E-state index contributed by atoms with van der Waals surface area (Å²) in [5, 5.41) is 4.69. The topological polar surface area (TPSA) is 35.9 Å². The Balaban J connectivity index is 1.35. The lowest BCUT2D eigenvalue weighted by molar-refractivity contribution is 0.669. The lowest BCUT2D eigenvalue weighted by Gasteiger charge is -2.09. The first-order chi connectivity index (χ1) is 18.3. The third-order valence-electron chi connectivity index (χ3n) is 7.23. The number of imidazole rings is 1. The van der Waals surface area contributed by atoms with Gasteiger partial charge in [-0.1, -0.05) is 66.7 Å². The van der Waals surface area contributed by atoms with Crippen molar-refractivity contribution in [3.63, 3.8) is 0 Å². The number of furan rings is 1. The highest BCUT2D eigenvalue weighted by Gasteiger charge is 2.15. The molecule has 37 heavy (non-hydrogen) atoms. The van der Waals surface area contributed by atoms with E-state index in [1.54, 1.807) is 0 Å². The Hall–Kier alpha value is -5.09. The number of fused-ring (bicyclic) bond motifs is 6. The van der Waals surface area contributed by atoms with E-state index < -0.39 is 0 Å². The zero-order valence-corrected chi connectivity index (χ0v) is 19.9. The van der Waals surface area contributed by atoms with Crippen molar-refractivity contribution >= 4 is 43.7 Å². The number of hydrogen-bond donors (Lipinski definition) is 0. The molecule has 174 valence electrons. The van der Waals surface area contributed by atoms with Crippen LogP contribution in [-0.4, -0.2) is 14.1 Å². The van der Waals surface area contributed by atoms with Crippen molar-refractivity contribution in [2.75, 3.05) is 0 Å². The van der Waals surface area contributed by atoms with Crippen molar-refractivity contribution in [2.45, 2.75) is 0 Å². The van der Waals surface area contributed by atoms with E-state index in [9.17, 15) is 0 Å². The van der Waals surface area contributed by atoms with Crippen molar-refractivity contribution in [1.29, 1.82) is 0 Å². The Labute approximate surface area is 212 Å². The number of benzene rings is 5. The number of para-hydroxylation sites is 2. The Bertz CT molecular complexity index is 2040. The molecule has 8 rings (SSSR count). The Morgan fingerprint density at radius 2 is 1.14 bits per heavy atom. The van der Waals surface area contributed by atoms with Gasteiger partial charge in [-0.15, -0.1) is 0 Å². The van der Waals surface area contributed by atoms with E-state index in [0.29, 0.717) is 0 Å². The number of hydrogen-bond acceptors (Lipinski definition) is 2. The van der Waals surface area contributed by atoms with E-state index in [4.69, 9.17) is 4.42 Å². The smallest absolute Gasteiger partial charge is 0.144 e. The molecule has 0 aliphatic rings. The maximum atomic E-state index is 6.25. The third-order valence-corrected chi connectivity index (χ3v) is 7.23. The van der Waals surface area contributed by atoms with Crippen LogP contribution in [0.25, 0.3) is 66.5 Å². The molecule has 8 aromatic rings. The van der Waals surface area contributed by atoms with E-state index in [0.717, 1.165) is 44.7 Å². The molecule has 0 aliphatic carbocycles. The van der Waals surface area contributed by atoms with Gasteiger partial charge in [0.2, 0.25) is 0 Å². The average Bonchev–Trinajstić information content (AvgIpc) is 3.67. The van der Waals surface area contributed by atoms with Crippen LogP contribution in [0.2, 0.25) is 0 Å². The SMILES string of the molecule is c1ccc(-c2nccn2-c2ccc3oc4ccc(-n5c6ccccc6c6ccccc65)cc4c3c2)cc1. The summed E-state index contributed by atoms with van der Waals surface area (Å²) in [4.78, 5) is 4.63. The third kappa shape index (κ3) is 2.99. The van der Waals surface area contributed by atoms with Gasteiger partial charge in [0.15, 0.2) is 0 Å². The van der Waals surface area contributed by atoms with E-state index in [2.05, 4.69) is 111 Å². The van der Waals surface area contributed by atoms with Gasteiger partial charge in [-0.2, -0.15) is 0 Å². The molecule has 5 aromatic carbocycles. The van der Waals surface area contributed by atoms with Gasteiger partial charge in [-0.3, -0.25) is 4.57 Å². The van der Waals surface area contributed by atoms with E-state index >= 15 is 0 Å². The minimum atomic E-state index is 0.875. The first kappa shape index (κ1) is 20.1. The summed E-state index contributed by atoms with van der Waals surface area (Å²) in [6, 6.07) is 40.3. The summed E-state index contributed by atoms with van der Waals surface area (Å²) in [5.74, 6) is 0.915. The van der Waals surface area contributed by atoms with Crippen molar-refractivity contribution in [3.05, 3.63) is 128 Å². The molecule has 0 spiro atoms. The maximum absolute atomic E-state index is 6.25. The fourth-order valence-corrected chi connectivity index (χ4v) is 5.56. The Morgan fingerprint density at radius 1 is 0.541 bits per heavy atom. The van der Waals surface area contributed by atoms with Crippen LogP contribution in [0.3, 0.4) is 0 Å². The molecule has 0 amide bonds. The largest absolute Gasteiger partial charge is 0.456 e. The van der Waals surface area contributed by atoms with Crippen LogP contribution in [0.4, 0.5) is 0 Å². The molecular weight excluding hydrogens is 454 g/mol. The van der Waals surface area contributed by atoms with Crippen LogP contribution < -0.4 is 0 Å². The van der Waals surface area contributed by atoms with Gasteiger partial charge in [0, 0.05) is 50.9 Å². The van der Waals surface area contributed by atoms with E-state index in [1.165, 1.54) is 21.8 Å². The molecule has 0 saturated heterocycles. The van der Waals surface area contributed by atoms with Crippen LogP contribution in [0.1, 0.15) is 0 Å². The van der Waals surface area contributed by atoms with Crippen LogP contribution in [0.5, 0.6) is 0 Å². The molecule has 4 nitrogen and oxygen atoms in total. The fraction of sp³-hybridized carbons (Fsp3) is 0. The van der Waals surface area contributed by atoms with Gasteiger partial charge in [-0.05, 0) is 48.5 Å². The minimum Gasteiger partial charge on any atom is -0.456 e. The molecule has 4 heteroatoms. The minimum absolute atomic E-state index is 0.875. The molecule has 3 aromatic heterocycles. The van der Waals surface area contributed by atoms with Crippen LogP contribution >= 0.6 is 0 Å². The van der Waals surface area contributed by atoms with Gasteiger partial charge in [0.05, 0.1) is 11.0 Å². The van der Waals surface area contributed by atoms with Gasteiger partial charge in [0.1, 0.15) is 17.0 Å². The zero-order valence-electron chi connectivity index (χ0n) is 19.9. The van der Waals surface area contributed by atoms with Crippen molar-refractivity contribution < 1.29 is 4.42 Å². The molecule has 3 heterocycles. The molecule has 0 radical (unpaired) electrons. The molecule has 0 atom stereocenters. The predicted octanol–water partition coefficient (Wildman–Crippen LogP) is 8.54. The lowest BCUT2D eigenvalue weighted by Crippen LogP contribution is -1.96. The van der Waals surface area contributed by atoms with E-state index in [1.807, 2.05) is 30.6 Å². The average molecular weight is 476 g/mol. The van der Waals surface area contributed by atoms with Gasteiger partial charge < -0.3 is 8.98 Å². The molecular formula is C33H21N3O. The van der Waals surface area contributed by atoms with Crippen LogP contribution in [0.15, 0.2) is 132 Å².